The Bertz CT molecular complexity index is 1250. The maximum absolute atomic E-state index is 12.8. The topological polar surface area (TPSA) is 51.1 Å². The minimum atomic E-state index is -0.0899. The molecule has 34 heavy (non-hydrogen) atoms. The van der Waals surface area contributed by atoms with Crippen LogP contribution in [0.2, 0.25) is 5.02 Å². The highest BCUT2D eigenvalue weighted by molar-refractivity contribution is 8.18. The summed E-state index contributed by atoms with van der Waals surface area (Å²) in [6.07, 6.45) is 1.85. The summed E-state index contributed by atoms with van der Waals surface area (Å²) in [6.45, 7) is 4.77. The molecule has 5 nitrogen and oxygen atoms in total. The average molecular weight is 493 g/mol. The number of thioether (sulfide) groups is 1. The largest absolute Gasteiger partial charge is 0.490 e. The molecule has 0 bridgehead atoms. The van der Waals surface area contributed by atoms with Crippen molar-refractivity contribution < 1.29 is 14.3 Å². The fraction of sp³-hybridized carbons (Fsp3) is 0.185. The summed E-state index contributed by atoms with van der Waals surface area (Å²) in [5.41, 5.74) is 3.72. The van der Waals surface area contributed by atoms with Gasteiger partial charge in [-0.1, -0.05) is 53.6 Å². The van der Waals surface area contributed by atoms with Gasteiger partial charge in [0.1, 0.15) is 6.61 Å². The maximum atomic E-state index is 12.8. The molecule has 0 unspecified atom stereocenters. The number of nitrogens with zero attached hydrogens (tertiary/aromatic N) is 2. The third kappa shape index (κ3) is 5.64. The van der Waals surface area contributed by atoms with Crippen LogP contribution >= 0.6 is 23.4 Å². The molecular weight excluding hydrogens is 468 g/mol. The first-order valence-corrected chi connectivity index (χ1v) is 12.1. The highest BCUT2D eigenvalue weighted by atomic mass is 35.5. The SMILES string of the molecule is CCOc1cc(/C=C2/SC(=Nc3ccc(C)cc3)N(C)C2=O)ccc1OCc1ccccc1Cl. The fourth-order valence-corrected chi connectivity index (χ4v) is 4.48. The van der Waals surface area contributed by atoms with E-state index in [9.17, 15) is 4.79 Å². The van der Waals surface area contributed by atoms with Gasteiger partial charge in [0.15, 0.2) is 16.7 Å². The monoisotopic (exact) mass is 492 g/mol. The molecule has 3 aromatic carbocycles. The van der Waals surface area contributed by atoms with Crippen LogP contribution in [0.3, 0.4) is 0 Å². The number of hydrogen-bond donors (Lipinski definition) is 0. The molecule has 1 saturated heterocycles. The van der Waals surface area contributed by atoms with Gasteiger partial charge in [0.2, 0.25) is 0 Å². The average Bonchev–Trinajstić information content (AvgIpc) is 3.09. The number of likely N-dealkylation sites (N-methyl/N-ethyl adjacent to an activating group) is 1. The minimum absolute atomic E-state index is 0.0899. The van der Waals surface area contributed by atoms with Crippen molar-refractivity contribution in [2.24, 2.45) is 4.99 Å². The zero-order valence-electron chi connectivity index (χ0n) is 19.2. The lowest BCUT2D eigenvalue weighted by Crippen LogP contribution is -2.23. The lowest BCUT2D eigenvalue weighted by Gasteiger charge is -2.13. The highest BCUT2D eigenvalue weighted by Gasteiger charge is 2.30. The molecule has 1 fully saturated rings. The van der Waals surface area contributed by atoms with Crippen molar-refractivity contribution in [3.05, 3.63) is 93.3 Å². The summed E-state index contributed by atoms with van der Waals surface area (Å²) in [7, 11) is 1.74. The van der Waals surface area contributed by atoms with Gasteiger partial charge in [0.05, 0.1) is 17.2 Å². The Morgan fingerprint density at radius 1 is 1.03 bits per heavy atom. The number of aliphatic imine (C=N–C) groups is 1. The number of amidine groups is 1. The van der Waals surface area contributed by atoms with E-state index < -0.39 is 0 Å². The normalized spacial score (nSPS) is 15.9. The van der Waals surface area contributed by atoms with Crippen molar-refractivity contribution in [3.8, 4) is 11.5 Å². The first-order chi connectivity index (χ1) is 16.4. The second kappa shape index (κ2) is 10.8. The second-order valence-corrected chi connectivity index (χ2v) is 9.14. The molecule has 1 aliphatic rings. The Morgan fingerprint density at radius 2 is 1.79 bits per heavy atom. The van der Waals surface area contributed by atoms with Gasteiger partial charge >= 0.3 is 0 Å². The number of ether oxygens (including phenoxy) is 2. The Labute approximate surface area is 209 Å². The van der Waals surface area contributed by atoms with Gasteiger partial charge in [-0.3, -0.25) is 9.69 Å². The first kappa shape index (κ1) is 23.9. The molecule has 174 valence electrons. The number of halogens is 1. The van der Waals surface area contributed by atoms with Crippen LogP contribution in [0.4, 0.5) is 5.69 Å². The summed E-state index contributed by atoms with van der Waals surface area (Å²) in [6, 6.07) is 21.1. The van der Waals surface area contributed by atoms with E-state index in [4.69, 9.17) is 21.1 Å². The second-order valence-electron chi connectivity index (χ2n) is 7.72. The van der Waals surface area contributed by atoms with Crippen molar-refractivity contribution in [2.45, 2.75) is 20.5 Å². The first-order valence-electron chi connectivity index (χ1n) is 10.9. The van der Waals surface area contributed by atoms with E-state index in [2.05, 4.69) is 4.99 Å². The van der Waals surface area contributed by atoms with Gasteiger partial charge in [-0.15, -0.1) is 0 Å². The molecule has 1 heterocycles. The van der Waals surface area contributed by atoms with Gasteiger partial charge in [-0.25, -0.2) is 4.99 Å². The number of carbonyl (C=O) groups is 1. The zero-order valence-corrected chi connectivity index (χ0v) is 20.8. The molecular formula is C27H25ClN2O3S. The third-order valence-electron chi connectivity index (χ3n) is 5.17. The number of rotatable bonds is 7. The van der Waals surface area contributed by atoms with Crippen LogP contribution in [-0.4, -0.2) is 29.6 Å². The van der Waals surface area contributed by atoms with Gasteiger partial charge < -0.3 is 9.47 Å². The molecule has 0 N–H and O–H groups in total. The smallest absolute Gasteiger partial charge is 0.266 e. The Kier molecular flexibility index (Phi) is 7.60. The maximum Gasteiger partial charge on any atom is 0.266 e. The van der Waals surface area contributed by atoms with Gasteiger partial charge in [0, 0.05) is 17.6 Å². The molecule has 1 amide bonds. The summed E-state index contributed by atoms with van der Waals surface area (Å²) < 4.78 is 11.8. The Balaban J connectivity index is 1.54. The van der Waals surface area contributed by atoms with Gasteiger partial charge in [-0.05, 0) is 67.6 Å². The van der Waals surface area contributed by atoms with Gasteiger partial charge in [0.25, 0.3) is 5.91 Å². The van der Waals surface area contributed by atoms with E-state index >= 15 is 0 Å². The van der Waals surface area contributed by atoms with E-state index in [-0.39, 0.29) is 5.91 Å². The van der Waals surface area contributed by atoms with Crippen LogP contribution in [0.25, 0.3) is 6.08 Å². The number of carbonyl (C=O) groups excluding carboxylic acids is 1. The lowest BCUT2D eigenvalue weighted by molar-refractivity contribution is -0.121. The molecule has 0 radical (unpaired) electrons. The highest BCUT2D eigenvalue weighted by Crippen LogP contribution is 2.35. The van der Waals surface area contributed by atoms with Crippen molar-refractivity contribution in [2.75, 3.05) is 13.7 Å². The number of amides is 1. The van der Waals surface area contributed by atoms with Crippen LogP contribution in [0.5, 0.6) is 11.5 Å². The van der Waals surface area contributed by atoms with E-state index in [0.717, 1.165) is 22.4 Å². The van der Waals surface area contributed by atoms with Crippen LogP contribution in [0, 0.1) is 6.92 Å². The van der Waals surface area contributed by atoms with Crippen LogP contribution in [0.15, 0.2) is 76.6 Å². The molecule has 1 aliphatic heterocycles. The quantitative estimate of drug-likeness (QED) is 0.338. The molecule has 3 aromatic rings. The molecule has 7 heteroatoms. The summed E-state index contributed by atoms with van der Waals surface area (Å²) in [5, 5.41) is 1.30. The van der Waals surface area contributed by atoms with E-state index in [1.807, 2.05) is 86.7 Å². The molecule has 0 aliphatic carbocycles. The molecule has 4 rings (SSSR count). The summed E-state index contributed by atoms with van der Waals surface area (Å²) in [4.78, 5) is 19.6. The minimum Gasteiger partial charge on any atom is -0.490 e. The molecule has 0 saturated carbocycles. The number of benzene rings is 3. The van der Waals surface area contributed by atoms with Crippen LogP contribution in [-0.2, 0) is 11.4 Å². The fourth-order valence-electron chi connectivity index (χ4n) is 3.31. The molecule has 0 aromatic heterocycles. The number of hydrogen-bond acceptors (Lipinski definition) is 5. The number of aryl methyl sites for hydroxylation is 1. The van der Waals surface area contributed by atoms with Crippen LogP contribution < -0.4 is 9.47 Å². The zero-order chi connectivity index (χ0) is 24.1. The Morgan fingerprint density at radius 3 is 2.53 bits per heavy atom. The Hall–Kier alpha value is -3.22. The van der Waals surface area contributed by atoms with E-state index in [1.165, 1.54) is 11.8 Å². The van der Waals surface area contributed by atoms with Crippen LogP contribution in [0.1, 0.15) is 23.6 Å². The lowest BCUT2D eigenvalue weighted by atomic mass is 10.1. The predicted molar refractivity (Wildman–Crippen MR) is 140 cm³/mol. The summed E-state index contributed by atoms with van der Waals surface area (Å²) in [5.74, 6) is 1.14. The summed E-state index contributed by atoms with van der Waals surface area (Å²) >= 11 is 7.59. The van der Waals surface area contributed by atoms with Crippen molar-refractivity contribution in [1.29, 1.82) is 0 Å². The van der Waals surface area contributed by atoms with E-state index in [0.29, 0.717) is 39.8 Å². The predicted octanol–water partition coefficient (Wildman–Crippen LogP) is 6.86. The third-order valence-corrected chi connectivity index (χ3v) is 6.60. The van der Waals surface area contributed by atoms with Crippen molar-refractivity contribution in [1.82, 2.24) is 4.90 Å². The van der Waals surface area contributed by atoms with Crippen molar-refractivity contribution in [3.63, 3.8) is 0 Å². The van der Waals surface area contributed by atoms with E-state index in [1.54, 1.807) is 11.9 Å². The standard InChI is InChI=1S/C27H25ClN2O3S/c1-4-32-24-15-19(11-14-23(24)33-17-20-7-5-6-8-22(20)28)16-25-26(31)30(3)27(34-25)29-21-12-9-18(2)10-13-21/h5-16H,4,17H2,1-3H3/b25-16+,29-27?. The molecule has 0 spiro atoms. The van der Waals surface area contributed by atoms with Crippen molar-refractivity contribution >= 4 is 46.2 Å². The molecule has 0 atom stereocenters. The van der Waals surface area contributed by atoms with Gasteiger partial charge in [-0.2, -0.15) is 0 Å².